The monoisotopic (exact) mass is 251 g/mol. The van der Waals surface area contributed by atoms with Gasteiger partial charge in [-0.05, 0) is 50.6 Å². The lowest BCUT2D eigenvalue weighted by molar-refractivity contribution is -0.123. The Morgan fingerprint density at radius 3 is 2.78 bits per heavy atom. The maximum Gasteiger partial charge on any atom is 0.137 e. The lowest BCUT2D eigenvalue weighted by Gasteiger charge is -2.26. The molecule has 1 atom stereocenters. The van der Waals surface area contributed by atoms with Crippen LogP contribution >= 0.6 is 0 Å². The van der Waals surface area contributed by atoms with Gasteiger partial charge >= 0.3 is 0 Å². The summed E-state index contributed by atoms with van der Waals surface area (Å²) in [7, 11) is 0. The lowest BCUT2D eigenvalue weighted by atomic mass is 9.85. The minimum absolute atomic E-state index is 0.341. The van der Waals surface area contributed by atoms with Crippen LogP contribution in [0.1, 0.15) is 65.2 Å². The van der Waals surface area contributed by atoms with Gasteiger partial charge in [0.25, 0.3) is 0 Å². The molecule has 2 nitrogen and oxygen atoms in total. The molecule has 0 aromatic carbocycles. The van der Waals surface area contributed by atoms with Crippen molar-refractivity contribution in [3.63, 3.8) is 0 Å². The number of rotatable bonds is 2. The summed E-state index contributed by atoms with van der Waals surface area (Å²) in [6.45, 7) is 8.19. The van der Waals surface area contributed by atoms with Crippen molar-refractivity contribution in [2.45, 2.75) is 65.2 Å². The molecule has 0 amide bonds. The molecule has 0 spiro atoms. The fourth-order valence-corrected chi connectivity index (χ4v) is 3.40. The lowest BCUT2D eigenvalue weighted by Crippen LogP contribution is -2.34. The van der Waals surface area contributed by atoms with E-state index < -0.39 is 0 Å². The molecule has 2 heteroatoms. The van der Waals surface area contributed by atoms with E-state index in [2.05, 4.69) is 18.7 Å². The number of Topliss-reactive ketones (excluding diaryl/α,β-unsaturated/α-hetero) is 1. The number of hydrogen-bond acceptors (Lipinski definition) is 2. The topological polar surface area (TPSA) is 20.3 Å². The number of likely N-dealkylation sites (tertiary alicyclic amines) is 1. The van der Waals surface area contributed by atoms with Crippen molar-refractivity contribution >= 4 is 5.78 Å². The first kappa shape index (κ1) is 14.0. The first-order valence-corrected chi connectivity index (χ1v) is 7.82. The van der Waals surface area contributed by atoms with E-state index in [0.29, 0.717) is 17.1 Å². The molecule has 0 bridgehead atoms. The molecule has 104 valence electrons. The van der Waals surface area contributed by atoms with Crippen molar-refractivity contribution in [3.8, 4) is 0 Å². The van der Waals surface area contributed by atoms with Crippen LogP contribution in [-0.2, 0) is 4.79 Å². The van der Waals surface area contributed by atoms with Gasteiger partial charge in [0.05, 0.1) is 0 Å². The summed E-state index contributed by atoms with van der Waals surface area (Å²) in [6.07, 6.45) is 9.54. The highest BCUT2D eigenvalue weighted by Crippen LogP contribution is 2.30. The van der Waals surface area contributed by atoms with Crippen molar-refractivity contribution in [2.24, 2.45) is 11.3 Å². The van der Waals surface area contributed by atoms with Crippen molar-refractivity contribution in [1.29, 1.82) is 0 Å². The highest BCUT2D eigenvalue weighted by atomic mass is 16.1. The van der Waals surface area contributed by atoms with Gasteiger partial charge in [-0.3, -0.25) is 4.79 Å². The minimum Gasteiger partial charge on any atom is -0.303 e. The molecule has 18 heavy (non-hydrogen) atoms. The Morgan fingerprint density at radius 1 is 1.11 bits per heavy atom. The van der Waals surface area contributed by atoms with Crippen LogP contribution in [0, 0.1) is 11.3 Å². The molecule has 1 saturated heterocycles. The highest BCUT2D eigenvalue weighted by Gasteiger charge is 2.27. The third-order valence-corrected chi connectivity index (χ3v) is 4.84. The normalized spacial score (nSPS) is 30.8. The zero-order valence-corrected chi connectivity index (χ0v) is 12.2. The van der Waals surface area contributed by atoms with Gasteiger partial charge in [-0.15, -0.1) is 0 Å². The summed E-state index contributed by atoms with van der Waals surface area (Å²) in [4.78, 5) is 14.6. The molecule has 2 aliphatic rings. The number of hydrogen-bond donors (Lipinski definition) is 0. The van der Waals surface area contributed by atoms with Crippen LogP contribution in [0.2, 0.25) is 0 Å². The molecule has 0 N–H and O–H groups in total. The van der Waals surface area contributed by atoms with Crippen LogP contribution in [0.15, 0.2) is 0 Å². The van der Waals surface area contributed by atoms with E-state index in [0.717, 1.165) is 25.8 Å². The minimum atomic E-state index is 0.341. The summed E-state index contributed by atoms with van der Waals surface area (Å²) in [5.41, 5.74) is 0.502. The van der Waals surface area contributed by atoms with Crippen LogP contribution < -0.4 is 0 Å². The fourth-order valence-electron chi connectivity index (χ4n) is 3.40. The van der Waals surface area contributed by atoms with E-state index in [9.17, 15) is 4.79 Å². The Kier molecular flexibility index (Phi) is 4.83. The smallest absolute Gasteiger partial charge is 0.137 e. The third kappa shape index (κ3) is 4.08. The quantitative estimate of drug-likeness (QED) is 0.698. The molecule has 1 aliphatic carbocycles. The number of nitrogens with zero attached hydrogens (tertiary/aromatic N) is 1. The zero-order chi connectivity index (χ0) is 13.0. The van der Waals surface area contributed by atoms with Crippen molar-refractivity contribution in [1.82, 2.24) is 4.90 Å². The van der Waals surface area contributed by atoms with Crippen LogP contribution in [0.3, 0.4) is 0 Å². The second-order valence-electron chi connectivity index (χ2n) is 7.08. The number of carbonyl (C=O) groups excluding carboxylic acids is 1. The van der Waals surface area contributed by atoms with E-state index in [1.165, 1.54) is 45.2 Å². The molecule has 0 radical (unpaired) electrons. The second kappa shape index (κ2) is 6.18. The van der Waals surface area contributed by atoms with Gasteiger partial charge in [-0.1, -0.05) is 26.7 Å². The van der Waals surface area contributed by atoms with E-state index in [1.54, 1.807) is 0 Å². The summed E-state index contributed by atoms with van der Waals surface area (Å²) in [6, 6.07) is 0. The molecule has 1 heterocycles. The average molecular weight is 251 g/mol. The summed E-state index contributed by atoms with van der Waals surface area (Å²) in [5, 5.41) is 0. The maximum absolute atomic E-state index is 12.1. The Labute approximate surface area is 112 Å². The predicted molar refractivity (Wildman–Crippen MR) is 75.7 cm³/mol. The van der Waals surface area contributed by atoms with Gasteiger partial charge in [0.15, 0.2) is 0 Å². The SMILES string of the molecule is CC1(C)CCCN(CC2CCCCCC2=O)CC1. The Bertz CT molecular complexity index is 285. The van der Waals surface area contributed by atoms with Gasteiger partial charge in [0.1, 0.15) is 5.78 Å². The summed E-state index contributed by atoms with van der Waals surface area (Å²) in [5.74, 6) is 0.879. The standard InChI is InChI=1S/C16H29NO/c1-16(2)9-6-11-17(12-10-16)13-14-7-4-3-5-8-15(14)18/h14H,3-13H2,1-2H3. The Hall–Kier alpha value is -0.370. The molecule has 2 fully saturated rings. The Morgan fingerprint density at radius 2 is 1.94 bits per heavy atom. The van der Waals surface area contributed by atoms with Crippen LogP contribution in [0.25, 0.3) is 0 Å². The van der Waals surface area contributed by atoms with Gasteiger partial charge in [0, 0.05) is 18.9 Å². The number of carbonyl (C=O) groups is 1. The van der Waals surface area contributed by atoms with E-state index in [4.69, 9.17) is 0 Å². The van der Waals surface area contributed by atoms with Gasteiger partial charge in [-0.2, -0.15) is 0 Å². The van der Waals surface area contributed by atoms with Crippen LogP contribution in [0.5, 0.6) is 0 Å². The Balaban J connectivity index is 1.86. The molecule has 0 aromatic rings. The maximum atomic E-state index is 12.1. The largest absolute Gasteiger partial charge is 0.303 e. The molecule has 1 aliphatic heterocycles. The first-order chi connectivity index (χ1) is 8.57. The van der Waals surface area contributed by atoms with Crippen molar-refractivity contribution in [3.05, 3.63) is 0 Å². The second-order valence-corrected chi connectivity index (χ2v) is 7.08. The first-order valence-electron chi connectivity index (χ1n) is 7.82. The molecular formula is C16H29NO. The van der Waals surface area contributed by atoms with Gasteiger partial charge < -0.3 is 4.90 Å². The molecule has 1 saturated carbocycles. The molecule has 1 unspecified atom stereocenters. The van der Waals surface area contributed by atoms with Crippen LogP contribution in [-0.4, -0.2) is 30.3 Å². The number of ketones is 1. The summed E-state index contributed by atoms with van der Waals surface area (Å²) >= 11 is 0. The van der Waals surface area contributed by atoms with Crippen molar-refractivity contribution < 1.29 is 4.79 Å². The van der Waals surface area contributed by atoms with Gasteiger partial charge in [-0.25, -0.2) is 0 Å². The molecular weight excluding hydrogens is 222 g/mol. The van der Waals surface area contributed by atoms with E-state index >= 15 is 0 Å². The average Bonchev–Trinajstić information content (AvgIpc) is 2.60. The van der Waals surface area contributed by atoms with Gasteiger partial charge in [0.2, 0.25) is 0 Å². The fraction of sp³-hybridized carbons (Fsp3) is 0.938. The zero-order valence-electron chi connectivity index (χ0n) is 12.2. The van der Waals surface area contributed by atoms with Crippen LogP contribution in [0.4, 0.5) is 0 Å². The predicted octanol–water partition coefficient (Wildman–Crippen LogP) is 3.65. The summed E-state index contributed by atoms with van der Waals surface area (Å²) < 4.78 is 0. The van der Waals surface area contributed by atoms with E-state index in [-0.39, 0.29) is 0 Å². The van der Waals surface area contributed by atoms with Crippen molar-refractivity contribution in [2.75, 3.05) is 19.6 Å². The highest BCUT2D eigenvalue weighted by molar-refractivity contribution is 5.81. The molecule has 0 aromatic heterocycles. The third-order valence-electron chi connectivity index (χ3n) is 4.84. The van der Waals surface area contributed by atoms with E-state index in [1.807, 2.05) is 0 Å². The molecule has 2 rings (SSSR count).